The maximum Gasteiger partial charge on any atom is 0.191 e. The summed E-state index contributed by atoms with van der Waals surface area (Å²) in [5.41, 5.74) is 15.2. The second-order valence-electron chi connectivity index (χ2n) is 4.96. The summed E-state index contributed by atoms with van der Waals surface area (Å²) >= 11 is 1.24. The van der Waals surface area contributed by atoms with Crippen LogP contribution in [-0.2, 0) is 0 Å². The lowest BCUT2D eigenvalue weighted by Crippen LogP contribution is -2.07. The Hall–Kier alpha value is -2.08. The van der Waals surface area contributed by atoms with E-state index < -0.39 is 0 Å². The SMILES string of the molecule is Cc1cc(C)c(C(=O)CSc2nc(N)cc(N)n2)cc1C. The Bertz CT molecular complexity index is 680. The molecule has 0 spiro atoms. The van der Waals surface area contributed by atoms with Gasteiger partial charge in [-0.3, -0.25) is 4.79 Å². The third-order valence-corrected chi connectivity index (χ3v) is 4.07. The number of aromatic nitrogens is 2. The molecule has 0 saturated heterocycles. The number of hydrogen-bond donors (Lipinski definition) is 2. The molecule has 2 rings (SSSR count). The number of carbonyl (C=O) groups is 1. The Labute approximate surface area is 128 Å². The molecule has 1 heterocycles. The molecule has 0 unspecified atom stereocenters. The van der Waals surface area contributed by atoms with Crippen LogP contribution in [-0.4, -0.2) is 21.5 Å². The fraction of sp³-hybridized carbons (Fsp3) is 0.267. The van der Waals surface area contributed by atoms with Crippen molar-refractivity contribution in [1.82, 2.24) is 9.97 Å². The molecule has 0 radical (unpaired) electrons. The lowest BCUT2D eigenvalue weighted by molar-refractivity contribution is 0.102. The van der Waals surface area contributed by atoms with Gasteiger partial charge in [0.15, 0.2) is 10.9 Å². The van der Waals surface area contributed by atoms with Gasteiger partial charge in [-0.2, -0.15) is 0 Å². The van der Waals surface area contributed by atoms with Crippen molar-refractivity contribution in [3.63, 3.8) is 0 Å². The van der Waals surface area contributed by atoms with Gasteiger partial charge in [0.2, 0.25) is 0 Å². The molecule has 5 nitrogen and oxygen atoms in total. The average Bonchev–Trinajstić information content (AvgIpc) is 2.39. The molecule has 0 amide bonds. The van der Waals surface area contributed by atoms with Crippen LogP contribution in [0.3, 0.4) is 0 Å². The van der Waals surface area contributed by atoms with Crippen LogP contribution in [0.25, 0.3) is 0 Å². The van der Waals surface area contributed by atoms with E-state index in [1.165, 1.54) is 23.4 Å². The molecule has 0 aliphatic rings. The molecule has 21 heavy (non-hydrogen) atoms. The summed E-state index contributed by atoms with van der Waals surface area (Å²) in [6.45, 7) is 5.98. The Balaban J connectivity index is 2.13. The number of anilines is 2. The number of thioether (sulfide) groups is 1. The van der Waals surface area contributed by atoms with Crippen LogP contribution in [0.15, 0.2) is 23.4 Å². The van der Waals surface area contributed by atoms with E-state index in [9.17, 15) is 4.79 Å². The fourth-order valence-corrected chi connectivity index (χ4v) is 2.75. The molecule has 2 aromatic rings. The highest BCUT2D eigenvalue weighted by molar-refractivity contribution is 7.99. The Morgan fingerprint density at radius 2 is 1.57 bits per heavy atom. The predicted octanol–water partition coefficient (Wildman–Crippen LogP) is 2.54. The highest BCUT2D eigenvalue weighted by Crippen LogP contribution is 2.21. The average molecular weight is 302 g/mol. The first-order chi connectivity index (χ1) is 9.86. The van der Waals surface area contributed by atoms with Gasteiger partial charge in [0.05, 0.1) is 5.75 Å². The van der Waals surface area contributed by atoms with Crippen LogP contribution < -0.4 is 11.5 Å². The Kier molecular flexibility index (Phi) is 4.47. The van der Waals surface area contributed by atoms with Gasteiger partial charge < -0.3 is 11.5 Å². The third kappa shape index (κ3) is 3.72. The maximum atomic E-state index is 12.3. The highest BCUT2D eigenvalue weighted by atomic mass is 32.2. The molecule has 6 heteroatoms. The number of rotatable bonds is 4. The van der Waals surface area contributed by atoms with E-state index in [4.69, 9.17) is 11.5 Å². The molecule has 0 aliphatic heterocycles. The van der Waals surface area contributed by atoms with Crippen LogP contribution in [0.4, 0.5) is 11.6 Å². The lowest BCUT2D eigenvalue weighted by Gasteiger charge is -2.09. The minimum absolute atomic E-state index is 0.0465. The van der Waals surface area contributed by atoms with E-state index in [1.54, 1.807) is 0 Å². The van der Waals surface area contributed by atoms with Crippen LogP contribution in [0.2, 0.25) is 0 Å². The monoisotopic (exact) mass is 302 g/mol. The molecule has 0 fully saturated rings. The number of nitrogen functional groups attached to an aromatic ring is 2. The van der Waals surface area contributed by atoms with Crippen molar-refractivity contribution in [3.8, 4) is 0 Å². The van der Waals surface area contributed by atoms with E-state index in [-0.39, 0.29) is 11.5 Å². The molecule has 0 atom stereocenters. The van der Waals surface area contributed by atoms with Gasteiger partial charge in [-0.1, -0.05) is 17.8 Å². The van der Waals surface area contributed by atoms with Crippen LogP contribution in [0.1, 0.15) is 27.0 Å². The Morgan fingerprint density at radius 1 is 1.00 bits per heavy atom. The molecule has 0 bridgehead atoms. The molecule has 1 aromatic heterocycles. The first-order valence-corrected chi connectivity index (χ1v) is 7.49. The smallest absolute Gasteiger partial charge is 0.191 e. The first-order valence-electron chi connectivity index (χ1n) is 6.50. The van der Waals surface area contributed by atoms with Crippen molar-refractivity contribution in [2.45, 2.75) is 25.9 Å². The van der Waals surface area contributed by atoms with Crippen LogP contribution >= 0.6 is 11.8 Å². The maximum absolute atomic E-state index is 12.3. The summed E-state index contributed by atoms with van der Waals surface area (Å²) in [7, 11) is 0. The van der Waals surface area contributed by atoms with Gasteiger partial charge in [0.25, 0.3) is 0 Å². The second-order valence-corrected chi connectivity index (χ2v) is 5.91. The number of ketones is 1. The minimum atomic E-state index is 0.0465. The summed E-state index contributed by atoms with van der Waals surface area (Å²) in [5, 5.41) is 0.419. The van der Waals surface area contributed by atoms with Crippen LogP contribution in [0.5, 0.6) is 0 Å². The number of carbonyl (C=O) groups excluding carboxylic acids is 1. The van der Waals surface area contributed by atoms with Crippen molar-refractivity contribution in [3.05, 3.63) is 40.5 Å². The minimum Gasteiger partial charge on any atom is -0.383 e. The van der Waals surface area contributed by atoms with E-state index in [1.807, 2.05) is 32.9 Å². The van der Waals surface area contributed by atoms with Crippen molar-refractivity contribution in [2.24, 2.45) is 0 Å². The third-order valence-electron chi connectivity index (χ3n) is 3.22. The zero-order valence-corrected chi connectivity index (χ0v) is 13.1. The van der Waals surface area contributed by atoms with Gasteiger partial charge in [-0.25, -0.2) is 9.97 Å². The summed E-state index contributed by atoms with van der Waals surface area (Å²) in [5.74, 6) is 0.913. The van der Waals surface area contributed by atoms with Crippen LogP contribution in [0, 0.1) is 20.8 Å². The molecule has 4 N–H and O–H groups in total. The fourth-order valence-electron chi connectivity index (χ4n) is 2.00. The summed E-state index contributed by atoms with van der Waals surface area (Å²) in [4.78, 5) is 20.4. The molecular formula is C15H18N4OS. The summed E-state index contributed by atoms with van der Waals surface area (Å²) in [6.07, 6.45) is 0. The van der Waals surface area contributed by atoms with Gasteiger partial charge in [-0.05, 0) is 43.5 Å². The van der Waals surface area contributed by atoms with E-state index in [2.05, 4.69) is 9.97 Å². The van der Waals surface area contributed by atoms with E-state index in [0.717, 1.165) is 16.7 Å². The van der Waals surface area contributed by atoms with Gasteiger partial charge in [0.1, 0.15) is 11.6 Å². The second kappa shape index (κ2) is 6.13. The van der Waals surface area contributed by atoms with Crippen molar-refractivity contribution >= 4 is 29.2 Å². The van der Waals surface area contributed by atoms with Gasteiger partial charge >= 0.3 is 0 Å². The number of hydrogen-bond acceptors (Lipinski definition) is 6. The highest BCUT2D eigenvalue weighted by Gasteiger charge is 2.12. The largest absolute Gasteiger partial charge is 0.383 e. The standard InChI is InChI=1S/C15H18N4OS/c1-8-4-10(3)11(5-9(8)2)12(20)7-21-15-18-13(16)6-14(17)19-15/h4-6H,7H2,1-3H3,(H4,16,17,18,19). The molecular weight excluding hydrogens is 284 g/mol. The van der Waals surface area contributed by atoms with Gasteiger partial charge in [-0.15, -0.1) is 0 Å². The topological polar surface area (TPSA) is 94.9 Å². The zero-order chi connectivity index (χ0) is 15.6. The predicted molar refractivity (Wildman–Crippen MR) is 86.6 cm³/mol. The summed E-state index contributed by atoms with van der Waals surface area (Å²) < 4.78 is 0. The number of benzene rings is 1. The van der Waals surface area contributed by atoms with Crippen molar-refractivity contribution in [1.29, 1.82) is 0 Å². The number of nitrogens with zero attached hydrogens (tertiary/aromatic N) is 2. The molecule has 1 aromatic carbocycles. The van der Waals surface area contributed by atoms with Crippen molar-refractivity contribution < 1.29 is 4.79 Å². The number of Topliss-reactive ketones (excluding diaryl/α,β-unsaturated/α-hetero) is 1. The molecule has 110 valence electrons. The zero-order valence-electron chi connectivity index (χ0n) is 12.3. The number of aryl methyl sites for hydroxylation is 3. The van der Waals surface area contributed by atoms with Gasteiger partial charge in [0, 0.05) is 11.6 Å². The molecule has 0 aliphatic carbocycles. The van der Waals surface area contributed by atoms with E-state index >= 15 is 0 Å². The lowest BCUT2D eigenvalue weighted by atomic mass is 9.99. The number of nitrogens with two attached hydrogens (primary N) is 2. The quantitative estimate of drug-likeness (QED) is 0.512. The molecule has 0 saturated carbocycles. The van der Waals surface area contributed by atoms with Crippen molar-refractivity contribution in [2.75, 3.05) is 17.2 Å². The first kappa shape index (κ1) is 15.3. The Morgan fingerprint density at radius 3 is 2.19 bits per heavy atom. The van der Waals surface area contributed by atoms with E-state index in [0.29, 0.717) is 16.8 Å². The summed E-state index contributed by atoms with van der Waals surface area (Å²) in [6, 6.07) is 5.45. The normalized spacial score (nSPS) is 10.6.